The number of nitrogens with one attached hydrogen (secondary N) is 2. The molecule has 1 fully saturated rings. The molecule has 2 aromatic carbocycles. The number of carbonyl (C=O) groups is 2. The molecule has 2 amide bonds. The van der Waals surface area contributed by atoms with Crippen molar-refractivity contribution in [3.8, 4) is 5.75 Å². The van der Waals surface area contributed by atoms with Gasteiger partial charge in [0.25, 0.3) is 11.8 Å². The molecule has 0 unspecified atom stereocenters. The summed E-state index contributed by atoms with van der Waals surface area (Å²) in [5.74, 6) is 0.224. The molecule has 2 aromatic rings. The van der Waals surface area contributed by atoms with E-state index >= 15 is 0 Å². The molecule has 2 N–H and O–H groups in total. The minimum absolute atomic E-state index is 0.119. The maximum Gasteiger partial charge on any atom is 0.291 e. The Morgan fingerprint density at radius 2 is 1.86 bits per heavy atom. The van der Waals surface area contributed by atoms with E-state index in [0.29, 0.717) is 22.0 Å². The Balaban J connectivity index is 1.50. The van der Waals surface area contributed by atoms with Gasteiger partial charge in [-0.25, -0.2) is 0 Å². The Morgan fingerprint density at radius 1 is 1.11 bits per heavy atom. The molecule has 2 aliphatic rings. The van der Waals surface area contributed by atoms with E-state index in [9.17, 15) is 9.59 Å². The number of benzene rings is 2. The van der Waals surface area contributed by atoms with Gasteiger partial charge in [-0.1, -0.05) is 43.0 Å². The van der Waals surface area contributed by atoms with Gasteiger partial charge in [-0.2, -0.15) is 0 Å². The second-order valence-electron chi connectivity index (χ2n) is 7.14. The summed E-state index contributed by atoms with van der Waals surface area (Å²) in [5, 5.41) is 6.51. The number of carbonyl (C=O) groups excluding carboxylic acids is 2. The van der Waals surface area contributed by atoms with Crippen LogP contribution in [0.1, 0.15) is 48.0 Å². The second kappa shape index (κ2) is 8.07. The first kappa shape index (κ1) is 18.6. The molecular weight excluding hydrogens is 376 g/mol. The van der Waals surface area contributed by atoms with Crippen molar-refractivity contribution in [2.75, 3.05) is 5.32 Å². The smallest absolute Gasteiger partial charge is 0.291 e. The van der Waals surface area contributed by atoms with E-state index in [1.165, 1.54) is 6.42 Å². The Bertz CT molecular complexity index is 931. The average Bonchev–Trinajstić information content (AvgIpc) is 2.70. The van der Waals surface area contributed by atoms with Gasteiger partial charge in [0.15, 0.2) is 11.5 Å². The van der Waals surface area contributed by atoms with Crippen LogP contribution < -0.4 is 15.4 Å². The standard InChI is InChI=1S/C22H21ClN2O3/c23-16-9-6-14(7-10-16)12-20-22(27)25-18-13-15(8-11-19(18)28-20)21(26)24-17-4-2-1-3-5-17/h6-13,17H,1-5H2,(H,24,26)(H,25,27)/b20-12-. The number of fused-ring (bicyclic) bond motifs is 1. The van der Waals surface area contributed by atoms with Gasteiger partial charge < -0.3 is 15.4 Å². The fourth-order valence-corrected chi connectivity index (χ4v) is 3.65. The van der Waals surface area contributed by atoms with Gasteiger partial charge in [0.05, 0.1) is 5.69 Å². The maximum absolute atomic E-state index is 12.5. The summed E-state index contributed by atoms with van der Waals surface area (Å²) >= 11 is 5.89. The molecule has 144 valence electrons. The van der Waals surface area contributed by atoms with Crippen molar-refractivity contribution in [3.63, 3.8) is 0 Å². The highest BCUT2D eigenvalue weighted by atomic mass is 35.5. The molecule has 1 heterocycles. The average molecular weight is 397 g/mol. The molecule has 28 heavy (non-hydrogen) atoms. The quantitative estimate of drug-likeness (QED) is 0.734. The zero-order valence-corrected chi connectivity index (χ0v) is 16.1. The van der Waals surface area contributed by atoms with Gasteiger partial charge in [-0.3, -0.25) is 9.59 Å². The van der Waals surface area contributed by atoms with Gasteiger partial charge in [0.1, 0.15) is 0 Å². The minimum Gasteiger partial charge on any atom is -0.449 e. The Hall–Kier alpha value is -2.79. The lowest BCUT2D eigenvalue weighted by Gasteiger charge is -2.24. The van der Waals surface area contributed by atoms with Gasteiger partial charge in [0.2, 0.25) is 0 Å². The van der Waals surface area contributed by atoms with Crippen molar-refractivity contribution >= 4 is 35.2 Å². The Kier molecular flexibility index (Phi) is 5.35. The lowest BCUT2D eigenvalue weighted by Crippen LogP contribution is -2.36. The predicted molar refractivity (Wildman–Crippen MR) is 109 cm³/mol. The van der Waals surface area contributed by atoms with Crippen molar-refractivity contribution in [2.45, 2.75) is 38.1 Å². The van der Waals surface area contributed by atoms with E-state index in [1.807, 2.05) is 0 Å². The molecular formula is C22H21ClN2O3. The zero-order chi connectivity index (χ0) is 19.5. The van der Waals surface area contributed by atoms with Gasteiger partial charge in [-0.05, 0) is 54.8 Å². The SMILES string of the molecule is O=C1Nc2cc(C(=O)NC3CCCCC3)ccc2O/C1=C\c1ccc(Cl)cc1. The van der Waals surface area contributed by atoms with Crippen LogP contribution in [-0.4, -0.2) is 17.9 Å². The topological polar surface area (TPSA) is 67.4 Å². The molecule has 4 rings (SSSR count). The fourth-order valence-electron chi connectivity index (χ4n) is 3.53. The molecule has 5 nitrogen and oxygen atoms in total. The van der Waals surface area contributed by atoms with Crippen LogP contribution in [-0.2, 0) is 4.79 Å². The molecule has 0 saturated heterocycles. The highest BCUT2D eigenvalue weighted by molar-refractivity contribution is 6.30. The predicted octanol–water partition coefficient (Wildman–Crippen LogP) is 4.77. The Morgan fingerprint density at radius 3 is 2.61 bits per heavy atom. The second-order valence-corrected chi connectivity index (χ2v) is 7.57. The molecule has 1 aliphatic heterocycles. The maximum atomic E-state index is 12.5. The van der Waals surface area contributed by atoms with Crippen LogP contribution in [0.3, 0.4) is 0 Å². The molecule has 0 spiro atoms. The number of rotatable bonds is 3. The lowest BCUT2D eigenvalue weighted by molar-refractivity contribution is -0.115. The summed E-state index contributed by atoms with van der Waals surface area (Å²) in [4.78, 5) is 24.9. The van der Waals surface area contributed by atoms with Crippen molar-refractivity contribution in [1.82, 2.24) is 5.32 Å². The largest absolute Gasteiger partial charge is 0.449 e. The van der Waals surface area contributed by atoms with E-state index in [0.717, 1.165) is 31.2 Å². The first-order valence-corrected chi connectivity index (χ1v) is 9.88. The van der Waals surface area contributed by atoms with Gasteiger partial charge >= 0.3 is 0 Å². The van der Waals surface area contributed by atoms with Crippen LogP contribution in [0.4, 0.5) is 5.69 Å². The van der Waals surface area contributed by atoms with Crippen molar-refractivity contribution in [1.29, 1.82) is 0 Å². The fraction of sp³-hybridized carbons (Fsp3) is 0.273. The van der Waals surface area contributed by atoms with Crippen LogP contribution in [0.5, 0.6) is 5.75 Å². The third-order valence-electron chi connectivity index (χ3n) is 5.04. The van der Waals surface area contributed by atoms with E-state index < -0.39 is 0 Å². The number of anilines is 1. The normalized spacial score (nSPS) is 18.2. The van der Waals surface area contributed by atoms with E-state index in [1.54, 1.807) is 48.5 Å². The summed E-state index contributed by atoms with van der Waals surface area (Å²) in [6.07, 6.45) is 7.24. The highest BCUT2D eigenvalue weighted by Gasteiger charge is 2.24. The molecule has 0 bridgehead atoms. The third kappa shape index (κ3) is 4.20. The number of hydrogen-bond donors (Lipinski definition) is 2. The third-order valence-corrected chi connectivity index (χ3v) is 5.29. The van der Waals surface area contributed by atoms with Crippen molar-refractivity contribution < 1.29 is 14.3 Å². The number of halogens is 1. The molecule has 1 aliphatic carbocycles. The monoisotopic (exact) mass is 396 g/mol. The number of amides is 2. The van der Waals surface area contributed by atoms with Gasteiger partial charge in [-0.15, -0.1) is 0 Å². The number of ether oxygens (including phenoxy) is 1. The summed E-state index contributed by atoms with van der Waals surface area (Å²) < 4.78 is 5.75. The molecule has 0 aromatic heterocycles. The van der Waals surface area contributed by atoms with Crippen LogP contribution in [0.25, 0.3) is 6.08 Å². The summed E-state index contributed by atoms with van der Waals surface area (Å²) in [6, 6.07) is 12.4. The lowest BCUT2D eigenvalue weighted by atomic mass is 9.95. The molecule has 6 heteroatoms. The zero-order valence-electron chi connectivity index (χ0n) is 15.3. The summed E-state index contributed by atoms with van der Waals surface area (Å²) in [7, 11) is 0. The van der Waals surface area contributed by atoms with Crippen LogP contribution in [0, 0.1) is 0 Å². The summed E-state index contributed by atoms with van der Waals surface area (Å²) in [6.45, 7) is 0. The first-order chi connectivity index (χ1) is 13.6. The van der Waals surface area contributed by atoms with E-state index in [2.05, 4.69) is 10.6 Å². The number of hydrogen-bond acceptors (Lipinski definition) is 3. The molecule has 1 saturated carbocycles. The Labute approximate surface area is 168 Å². The van der Waals surface area contributed by atoms with Crippen LogP contribution >= 0.6 is 11.6 Å². The van der Waals surface area contributed by atoms with Crippen molar-refractivity contribution in [2.24, 2.45) is 0 Å². The van der Waals surface area contributed by atoms with Crippen LogP contribution in [0.2, 0.25) is 5.02 Å². The highest BCUT2D eigenvalue weighted by Crippen LogP contribution is 2.32. The van der Waals surface area contributed by atoms with E-state index in [4.69, 9.17) is 16.3 Å². The first-order valence-electron chi connectivity index (χ1n) is 9.50. The molecule has 0 radical (unpaired) electrons. The van der Waals surface area contributed by atoms with Gasteiger partial charge in [0, 0.05) is 16.6 Å². The van der Waals surface area contributed by atoms with Crippen molar-refractivity contribution in [3.05, 3.63) is 64.4 Å². The summed E-state index contributed by atoms with van der Waals surface area (Å²) in [5.41, 5.74) is 1.81. The molecule has 0 atom stereocenters. The minimum atomic E-state index is -0.354. The van der Waals surface area contributed by atoms with Crippen LogP contribution in [0.15, 0.2) is 48.2 Å². The van der Waals surface area contributed by atoms with E-state index in [-0.39, 0.29) is 23.6 Å².